The number of amides is 1. The fourth-order valence-corrected chi connectivity index (χ4v) is 1.95. The number of alkyl halides is 2. The lowest BCUT2D eigenvalue weighted by atomic mass is 10.1. The van der Waals surface area contributed by atoms with Gasteiger partial charge in [-0.05, 0) is 19.1 Å². The molecule has 2 rings (SSSR count). The van der Waals surface area contributed by atoms with Crippen LogP contribution < -0.4 is 15.6 Å². The maximum atomic E-state index is 12.4. The number of aromatic nitrogens is 1. The molecule has 116 valence electrons. The molecule has 1 heterocycles. The molecule has 1 aromatic heterocycles. The van der Waals surface area contributed by atoms with Crippen molar-refractivity contribution < 1.29 is 18.3 Å². The first-order chi connectivity index (χ1) is 10.5. The Morgan fingerprint density at radius 1 is 1.23 bits per heavy atom. The van der Waals surface area contributed by atoms with E-state index in [0.717, 1.165) is 0 Å². The Balaban J connectivity index is 2.15. The lowest BCUT2D eigenvalue weighted by molar-refractivity contribution is -0.0506. The van der Waals surface area contributed by atoms with Gasteiger partial charge in [0.05, 0.1) is 11.6 Å². The normalized spacial score (nSPS) is 12.0. The number of benzene rings is 1. The molecule has 0 bridgehead atoms. The van der Waals surface area contributed by atoms with E-state index in [-0.39, 0.29) is 16.9 Å². The van der Waals surface area contributed by atoms with E-state index in [0.29, 0.717) is 5.56 Å². The number of H-pyrrole nitrogens is 1. The van der Waals surface area contributed by atoms with E-state index in [1.807, 2.05) is 0 Å². The maximum absolute atomic E-state index is 12.4. The van der Waals surface area contributed by atoms with Crippen molar-refractivity contribution in [2.24, 2.45) is 0 Å². The molecular weight excluding hydrogens is 294 g/mol. The molecule has 0 aliphatic heterocycles. The van der Waals surface area contributed by atoms with Crippen molar-refractivity contribution >= 4 is 5.91 Å². The minimum atomic E-state index is -2.94. The number of carbonyl (C=O) groups is 1. The molecule has 1 atom stereocenters. The molecule has 1 aromatic carbocycles. The van der Waals surface area contributed by atoms with E-state index in [2.05, 4.69) is 15.0 Å². The molecule has 2 N–H and O–H groups in total. The fraction of sp³-hybridized carbons (Fsp3) is 0.200. The van der Waals surface area contributed by atoms with Crippen LogP contribution in [-0.4, -0.2) is 17.5 Å². The molecule has 0 radical (unpaired) electrons. The van der Waals surface area contributed by atoms with Gasteiger partial charge in [0.25, 0.3) is 5.91 Å². The Morgan fingerprint density at radius 2 is 1.95 bits per heavy atom. The monoisotopic (exact) mass is 308 g/mol. The van der Waals surface area contributed by atoms with Gasteiger partial charge in [-0.3, -0.25) is 9.59 Å². The van der Waals surface area contributed by atoms with Gasteiger partial charge in [0.2, 0.25) is 5.56 Å². The second kappa shape index (κ2) is 6.84. The Hall–Kier alpha value is -2.70. The number of pyridine rings is 1. The number of hydrogen-bond donors (Lipinski definition) is 2. The van der Waals surface area contributed by atoms with Crippen LogP contribution in [0.2, 0.25) is 0 Å². The molecule has 22 heavy (non-hydrogen) atoms. The summed E-state index contributed by atoms with van der Waals surface area (Å²) in [5.41, 5.74) is 0.375. The minimum Gasteiger partial charge on any atom is -0.434 e. The van der Waals surface area contributed by atoms with Crippen LogP contribution in [0.3, 0.4) is 0 Å². The van der Waals surface area contributed by atoms with Crippen molar-refractivity contribution in [2.45, 2.75) is 19.6 Å². The number of nitrogens with one attached hydrogen (secondary N) is 2. The zero-order valence-electron chi connectivity index (χ0n) is 11.7. The molecule has 7 heteroatoms. The predicted octanol–water partition coefficient (Wildman–Crippen LogP) is 2.47. The summed E-state index contributed by atoms with van der Waals surface area (Å²) >= 11 is 0. The van der Waals surface area contributed by atoms with Gasteiger partial charge in [0, 0.05) is 17.8 Å². The zero-order valence-corrected chi connectivity index (χ0v) is 11.7. The summed E-state index contributed by atoms with van der Waals surface area (Å²) in [7, 11) is 0. The molecule has 2 aromatic rings. The molecule has 0 spiro atoms. The quantitative estimate of drug-likeness (QED) is 0.891. The van der Waals surface area contributed by atoms with E-state index in [1.165, 1.54) is 24.4 Å². The first-order valence-electron chi connectivity index (χ1n) is 6.50. The highest BCUT2D eigenvalue weighted by Crippen LogP contribution is 2.26. The SMILES string of the molecule is CC(NC(=O)c1ccc(=O)[nH]c1)c1ccccc1OC(F)F. The van der Waals surface area contributed by atoms with Crippen molar-refractivity contribution in [3.8, 4) is 5.75 Å². The summed E-state index contributed by atoms with van der Waals surface area (Å²) in [6.45, 7) is -1.29. The molecule has 0 aliphatic carbocycles. The molecule has 0 saturated carbocycles. The Labute approximate surface area is 124 Å². The highest BCUT2D eigenvalue weighted by atomic mass is 19.3. The highest BCUT2D eigenvalue weighted by molar-refractivity contribution is 5.94. The molecule has 1 unspecified atom stereocenters. The number of aromatic amines is 1. The number of halogens is 2. The van der Waals surface area contributed by atoms with Gasteiger partial charge in [-0.2, -0.15) is 8.78 Å². The molecular formula is C15H14F2N2O3. The van der Waals surface area contributed by atoms with Crippen LogP contribution in [-0.2, 0) is 0 Å². The number of rotatable bonds is 5. The smallest absolute Gasteiger partial charge is 0.387 e. The van der Waals surface area contributed by atoms with E-state index in [9.17, 15) is 18.4 Å². The molecule has 5 nitrogen and oxygen atoms in total. The van der Waals surface area contributed by atoms with Crippen molar-refractivity contribution in [1.82, 2.24) is 10.3 Å². The second-order valence-corrected chi connectivity index (χ2v) is 4.55. The Kier molecular flexibility index (Phi) is 4.88. The van der Waals surface area contributed by atoms with Crippen LogP contribution in [0.25, 0.3) is 0 Å². The van der Waals surface area contributed by atoms with Crippen LogP contribution in [0.4, 0.5) is 8.78 Å². The molecule has 0 fully saturated rings. The number of ether oxygens (including phenoxy) is 1. The van der Waals surface area contributed by atoms with Gasteiger partial charge in [0.15, 0.2) is 0 Å². The zero-order chi connectivity index (χ0) is 16.1. The van der Waals surface area contributed by atoms with Crippen LogP contribution in [0, 0.1) is 0 Å². The number of hydrogen-bond acceptors (Lipinski definition) is 3. The van der Waals surface area contributed by atoms with E-state index >= 15 is 0 Å². The fourth-order valence-electron chi connectivity index (χ4n) is 1.95. The first kappa shape index (κ1) is 15.7. The third kappa shape index (κ3) is 3.91. The third-order valence-electron chi connectivity index (χ3n) is 3.00. The van der Waals surface area contributed by atoms with Gasteiger partial charge in [-0.25, -0.2) is 0 Å². The van der Waals surface area contributed by atoms with Crippen LogP contribution in [0.15, 0.2) is 47.4 Å². The van der Waals surface area contributed by atoms with Gasteiger partial charge in [-0.15, -0.1) is 0 Å². The predicted molar refractivity (Wildman–Crippen MR) is 76.0 cm³/mol. The van der Waals surface area contributed by atoms with Crippen LogP contribution in [0.5, 0.6) is 5.75 Å². The van der Waals surface area contributed by atoms with E-state index in [1.54, 1.807) is 25.1 Å². The number of carbonyl (C=O) groups excluding carboxylic acids is 1. The Morgan fingerprint density at radius 3 is 2.59 bits per heavy atom. The maximum Gasteiger partial charge on any atom is 0.387 e. The minimum absolute atomic E-state index is 0.00627. The molecule has 0 aliphatic rings. The summed E-state index contributed by atoms with van der Waals surface area (Å²) in [6, 6.07) is 8.29. The van der Waals surface area contributed by atoms with Crippen molar-refractivity contribution in [2.75, 3.05) is 0 Å². The molecule has 1 amide bonds. The lowest BCUT2D eigenvalue weighted by Crippen LogP contribution is -2.27. The van der Waals surface area contributed by atoms with Crippen molar-refractivity contribution in [3.63, 3.8) is 0 Å². The highest BCUT2D eigenvalue weighted by Gasteiger charge is 2.17. The first-order valence-corrected chi connectivity index (χ1v) is 6.50. The molecule has 0 saturated heterocycles. The van der Waals surface area contributed by atoms with Crippen molar-refractivity contribution in [1.29, 1.82) is 0 Å². The van der Waals surface area contributed by atoms with E-state index < -0.39 is 18.6 Å². The number of para-hydroxylation sites is 1. The average Bonchev–Trinajstić information content (AvgIpc) is 2.47. The summed E-state index contributed by atoms with van der Waals surface area (Å²) in [5.74, 6) is -0.428. The van der Waals surface area contributed by atoms with Gasteiger partial charge < -0.3 is 15.0 Å². The van der Waals surface area contributed by atoms with Crippen LogP contribution >= 0.6 is 0 Å². The second-order valence-electron chi connectivity index (χ2n) is 4.55. The lowest BCUT2D eigenvalue weighted by Gasteiger charge is -2.18. The largest absolute Gasteiger partial charge is 0.434 e. The van der Waals surface area contributed by atoms with Gasteiger partial charge in [0.1, 0.15) is 5.75 Å². The van der Waals surface area contributed by atoms with Crippen molar-refractivity contribution in [3.05, 3.63) is 64.1 Å². The Bertz CT molecular complexity index is 695. The standard InChI is InChI=1S/C15H14F2N2O3/c1-9(11-4-2-3-5-12(11)22-15(16)17)19-14(21)10-6-7-13(20)18-8-10/h2-9,15H,1H3,(H,18,20)(H,19,21). The van der Waals surface area contributed by atoms with E-state index in [4.69, 9.17) is 0 Å². The van der Waals surface area contributed by atoms with Gasteiger partial charge in [-0.1, -0.05) is 18.2 Å². The van der Waals surface area contributed by atoms with Gasteiger partial charge >= 0.3 is 6.61 Å². The topological polar surface area (TPSA) is 71.2 Å². The average molecular weight is 308 g/mol. The van der Waals surface area contributed by atoms with Crippen LogP contribution in [0.1, 0.15) is 28.9 Å². The third-order valence-corrected chi connectivity index (χ3v) is 3.00. The summed E-state index contributed by atoms with van der Waals surface area (Å²) in [4.78, 5) is 25.4. The summed E-state index contributed by atoms with van der Waals surface area (Å²) in [6.07, 6.45) is 1.28. The summed E-state index contributed by atoms with van der Waals surface area (Å²) in [5, 5.41) is 2.66. The summed E-state index contributed by atoms with van der Waals surface area (Å²) < 4.78 is 29.2.